The Morgan fingerprint density at radius 3 is 2.60 bits per heavy atom. The van der Waals surface area contributed by atoms with Crippen molar-refractivity contribution in [2.24, 2.45) is 5.11 Å². The van der Waals surface area contributed by atoms with E-state index in [0.717, 1.165) is 0 Å². The van der Waals surface area contributed by atoms with Crippen molar-refractivity contribution in [2.75, 3.05) is 0 Å². The van der Waals surface area contributed by atoms with Crippen LogP contribution in [0.4, 0.5) is 8.78 Å². The summed E-state index contributed by atoms with van der Waals surface area (Å²) in [6.45, 7) is 0. The molecule has 10 heavy (non-hydrogen) atoms. The number of nitrogens with one attached hydrogen (secondary N) is 1. The second-order valence-electron chi connectivity index (χ2n) is 1.17. The van der Waals surface area contributed by atoms with Crippen LogP contribution in [-0.4, -0.2) is 17.2 Å². The quantitative estimate of drug-likeness (QED) is 0.149. The Hall–Kier alpha value is -1.40. The van der Waals surface area contributed by atoms with E-state index in [4.69, 9.17) is 10.7 Å². The van der Waals surface area contributed by atoms with Crippen molar-refractivity contribution in [1.82, 2.24) is 5.48 Å². The molecule has 6 nitrogen and oxygen atoms in total. The first kappa shape index (κ1) is 8.60. The van der Waals surface area contributed by atoms with E-state index in [1.54, 1.807) is 10.0 Å². The first-order chi connectivity index (χ1) is 4.54. The van der Waals surface area contributed by atoms with Crippen molar-refractivity contribution in [3.05, 3.63) is 10.4 Å². The van der Waals surface area contributed by atoms with Crippen molar-refractivity contribution in [3.8, 4) is 0 Å². The zero-order valence-corrected chi connectivity index (χ0v) is 4.45. The van der Waals surface area contributed by atoms with Crippen molar-refractivity contribution >= 4 is 5.91 Å². The fourth-order valence-electron chi connectivity index (χ4n) is 0.169. The molecule has 0 heterocycles. The number of halogens is 2. The van der Waals surface area contributed by atoms with E-state index in [9.17, 15) is 13.6 Å². The van der Waals surface area contributed by atoms with Crippen LogP contribution in [0.15, 0.2) is 5.11 Å². The summed E-state index contributed by atoms with van der Waals surface area (Å²) in [6, 6.07) is -4.23. The zero-order chi connectivity index (χ0) is 8.20. The van der Waals surface area contributed by atoms with Crippen LogP contribution in [0.5, 0.6) is 0 Å². The summed E-state index contributed by atoms with van der Waals surface area (Å²) in [5.74, 6) is -2.06. The third-order valence-corrected chi connectivity index (χ3v) is 0.545. The Morgan fingerprint density at radius 1 is 1.80 bits per heavy atom. The molecule has 56 valence electrons. The number of carbonyl (C=O) groups excluding carboxylic acids is 1. The Morgan fingerprint density at radius 2 is 2.30 bits per heavy atom. The third-order valence-electron chi connectivity index (χ3n) is 0.545. The van der Waals surface area contributed by atoms with Gasteiger partial charge in [-0.3, -0.25) is 10.0 Å². The summed E-state index contributed by atoms with van der Waals surface area (Å²) in [5, 5.41) is 9.44. The lowest BCUT2D eigenvalue weighted by atomic mass is 10.5. The van der Waals surface area contributed by atoms with Gasteiger partial charge >= 0.3 is 12.0 Å². The molecule has 2 N–H and O–H groups in total. The maximum absolute atomic E-state index is 11.8. The number of carbonyl (C=O) groups is 1. The van der Waals surface area contributed by atoms with Crippen LogP contribution in [0, 0.1) is 0 Å². The van der Waals surface area contributed by atoms with E-state index in [1.165, 1.54) is 0 Å². The normalized spacial score (nSPS) is 9.90. The molecule has 0 saturated heterocycles. The lowest BCUT2D eigenvalue weighted by Gasteiger charge is -2.04. The average molecular weight is 152 g/mol. The molecule has 0 aliphatic carbocycles. The number of hydrogen-bond acceptors (Lipinski definition) is 3. The average Bonchev–Trinajstić information content (AvgIpc) is 1.86. The predicted molar refractivity (Wildman–Crippen MR) is 24.0 cm³/mol. The largest absolute Gasteiger partial charge is 0.404 e. The third kappa shape index (κ3) is 1.84. The van der Waals surface area contributed by atoms with Gasteiger partial charge in [0.2, 0.25) is 0 Å². The molecule has 0 spiro atoms. The minimum atomic E-state index is -4.23. The maximum Gasteiger partial charge on any atom is 0.404 e. The molecule has 0 aromatic carbocycles. The number of azide groups is 1. The summed E-state index contributed by atoms with van der Waals surface area (Å²) >= 11 is 0. The van der Waals surface area contributed by atoms with Crippen LogP contribution >= 0.6 is 0 Å². The minimum Gasteiger partial charge on any atom is -0.288 e. The highest BCUT2D eigenvalue weighted by molar-refractivity contribution is 5.81. The summed E-state index contributed by atoms with van der Waals surface area (Å²) < 4.78 is 23.7. The summed E-state index contributed by atoms with van der Waals surface area (Å²) in [6.07, 6.45) is 0. The molecular formula is C2H2F2N4O2. The number of nitrogens with zero attached hydrogens (tertiary/aromatic N) is 3. The van der Waals surface area contributed by atoms with Gasteiger partial charge in [-0.1, -0.05) is 0 Å². The number of hydrogen-bond donors (Lipinski definition) is 2. The van der Waals surface area contributed by atoms with E-state index in [1.807, 2.05) is 0 Å². The molecule has 0 aromatic heterocycles. The smallest absolute Gasteiger partial charge is 0.288 e. The molecule has 1 amide bonds. The molecule has 0 rings (SSSR count). The summed E-state index contributed by atoms with van der Waals surface area (Å²) in [7, 11) is 0. The second kappa shape index (κ2) is 2.95. The lowest BCUT2D eigenvalue weighted by molar-refractivity contribution is -0.153. The topological polar surface area (TPSA) is 98.1 Å². The molecule has 0 aliphatic heterocycles. The lowest BCUT2D eigenvalue weighted by Crippen LogP contribution is -2.36. The number of hydroxylamine groups is 1. The fourth-order valence-corrected chi connectivity index (χ4v) is 0.169. The molecule has 0 bridgehead atoms. The Bertz CT molecular complexity index is 186. The van der Waals surface area contributed by atoms with Gasteiger partial charge in [0.25, 0.3) is 0 Å². The van der Waals surface area contributed by atoms with Crippen molar-refractivity contribution < 1.29 is 18.8 Å². The van der Waals surface area contributed by atoms with Gasteiger partial charge in [-0.15, -0.1) is 0 Å². The molecule has 0 radical (unpaired) electrons. The van der Waals surface area contributed by atoms with Crippen LogP contribution in [-0.2, 0) is 4.79 Å². The first-order valence-corrected chi connectivity index (χ1v) is 1.93. The summed E-state index contributed by atoms with van der Waals surface area (Å²) in [5.41, 5.74) is 8.10. The minimum absolute atomic E-state index is 0.636. The molecule has 0 aliphatic rings. The molecule has 0 aromatic rings. The Labute approximate surface area is 53.0 Å². The highest BCUT2D eigenvalue weighted by Crippen LogP contribution is 2.14. The molecule has 0 saturated carbocycles. The number of alkyl halides is 2. The number of rotatable bonds is 2. The second-order valence-corrected chi connectivity index (χ2v) is 1.17. The van der Waals surface area contributed by atoms with Crippen LogP contribution in [0.25, 0.3) is 10.4 Å². The Balaban J connectivity index is 4.38. The predicted octanol–water partition coefficient (Wildman–Crippen LogP) is 0.395. The van der Waals surface area contributed by atoms with E-state index in [0.29, 0.717) is 5.48 Å². The van der Waals surface area contributed by atoms with Gasteiger partial charge < -0.3 is 0 Å². The fraction of sp³-hybridized carbons (Fsp3) is 0.500. The van der Waals surface area contributed by atoms with Crippen LogP contribution in [0.1, 0.15) is 0 Å². The van der Waals surface area contributed by atoms with Crippen LogP contribution in [0.3, 0.4) is 0 Å². The Kier molecular flexibility index (Phi) is 2.53. The van der Waals surface area contributed by atoms with Gasteiger partial charge in [0.15, 0.2) is 0 Å². The maximum atomic E-state index is 11.8. The zero-order valence-electron chi connectivity index (χ0n) is 4.45. The van der Waals surface area contributed by atoms with E-state index < -0.39 is 12.0 Å². The number of amides is 1. The van der Waals surface area contributed by atoms with Gasteiger partial charge in [0, 0.05) is 4.91 Å². The highest BCUT2D eigenvalue weighted by Gasteiger charge is 2.37. The molecule has 0 atom stereocenters. The molecule has 0 unspecified atom stereocenters. The standard InChI is InChI=1S/C2H2F2N4O2/c3-2(4,7-8-5)1(9)6-10/h10H,(H,6,9). The SMILES string of the molecule is [N-]=[N+]=NC(F)(F)C(=O)NO. The van der Waals surface area contributed by atoms with Crippen molar-refractivity contribution in [1.29, 1.82) is 0 Å². The van der Waals surface area contributed by atoms with Crippen LogP contribution in [0.2, 0.25) is 0 Å². The van der Waals surface area contributed by atoms with Gasteiger partial charge in [-0.2, -0.15) is 8.78 Å². The molecule has 8 heteroatoms. The van der Waals surface area contributed by atoms with Crippen molar-refractivity contribution in [3.63, 3.8) is 0 Å². The van der Waals surface area contributed by atoms with Gasteiger partial charge in [0.05, 0.1) is 0 Å². The van der Waals surface area contributed by atoms with E-state index in [2.05, 4.69) is 0 Å². The van der Waals surface area contributed by atoms with Crippen LogP contribution < -0.4 is 5.48 Å². The first-order valence-electron chi connectivity index (χ1n) is 1.93. The van der Waals surface area contributed by atoms with Crippen molar-refractivity contribution in [2.45, 2.75) is 6.05 Å². The highest BCUT2D eigenvalue weighted by atomic mass is 19.3. The monoisotopic (exact) mass is 152 g/mol. The molecule has 0 fully saturated rings. The van der Waals surface area contributed by atoms with E-state index >= 15 is 0 Å². The van der Waals surface area contributed by atoms with E-state index in [-0.39, 0.29) is 0 Å². The van der Waals surface area contributed by atoms with Gasteiger partial charge in [-0.05, 0) is 10.6 Å². The summed E-state index contributed by atoms with van der Waals surface area (Å²) in [4.78, 5) is 11.5. The van der Waals surface area contributed by atoms with Gasteiger partial charge in [-0.25, -0.2) is 5.48 Å². The van der Waals surface area contributed by atoms with Gasteiger partial charge in [0.1, 0.15) is 0 Å². The molecular weight excluding hydrogens is 150 g/mol.